The first kappa shape index (κ1) is 22.7. The quantitative estimate of drug-likeness (QED) is 0.548. The van der Waals surface area contributed by atoms with Crippen LogP contribution in [0.4, 0.5) is 0 Å². The fourth-order valence-corrected chi connectivity index (χ4v) is 4.46. The van der Waals surface area contributed by atoms with E-state index in [-0.39, 0.29) is 11.8 Å². The van der Waals surface area contributed by atoms with Crippen molar-refractivity contribution in [2.45, 2.75) is 44.7 Å². The number of likely N-dealkylation sites (tertiary alicyclic amines) is 1. The lowest BCUT2D eigenvalue weighted by atomic mass is 10.1. The highest BCUT2D eigenvalue weighted by Crippen LogP contribution is 2.25. The zero-order chi connectivity index (χ0) is 23.2. The number of amides is 2. The zero-order valence-corrected chi connectivity index (χ0v) is 19.2. The van der Waals surface area contributed by atoms with Gasteiger partial charge in [-0.15, -0.1) is 0 Å². The molecule has 0 saturated carbocycles. The molecule has 1 atom stereocenters. The monoisotopic (exact) mass is 449 g/mol. The standard InChI is InChI=1S/C26H31N3O4/c1-32-20-7-5-6-18(14-20)17-29-24(8-3-4-9-25(29)30)26(31)27-13-12-19-16-28-23-11-10-21(33-2)15-22(19)23/h5-7,10-11,14-16,24,28H,3-4,8-9,12-13,17H2,1-2H3,(H,27,31). The van der Waals surface area contributed by atoms with Crippen LogP contribution in [0.1, 0.15) is 36.8 Å². The van der Waals surface area contributed by atoms with E-state index in [0.29, 0.717) is 32.4 Å². The highest BCUT2D eigenvalue weighted by atomic mass is 16.5. The Hall–Kier alpha value is -3.48. The molecule has 0 aliphatic carbocycles. The van der Waals surface area contributed by atoms with Gasteiger partial charge in [-0.2, -0.15) is 0 Å². The lowest BCUT2D eigenvalue weighted by Crippen LogP contribution is -2.48. The lowest BCUT2D eigenvalue weighted by molar-refractivity contribution is -0.140. The van der Waals surface area contributed by atoms with Gasteiger partial charge in [0.25, 0.3) is 0 Å². The first-order valence-corrected chi connectivity index (χ1v) is 11.4. The van der Waals surface area contributed by atoms with Gasteiger partial charge in [-0.1, -0.05) is 18.6 Å². The SMILES string of the molecule is COc1cccc(CN2C(=O)CCCCC2C(=O)NCCc2c[nH]c3ccc(OC)cc23)c1. The number of carbonyl (C=O) groups excluding carboxylic acids is 2. The smallest absolute Gasteiger partial charge is 0.242 e. The number of aromatic amines is 1. The van der Waals surface area contributed by atoms with Crippen LogP contribution in [-0.4, -0.2) is 48.5 Å². The van der Waals surface area contributed by atoms with Crippen molar-refractivity contribution >= 4 is 22.7 Å². The Bertz CT molecular complexity index is 1120. The van der Waals surface area contributed by atoms with E-state index in [0.717, 1.165) is 46.4 Å². The van der Waals surface area contributed by atoms with Gasteiger partial charge in [0.2, 0.25) is 11.8 Å². The van der Waals surface area contributed by atoms with Crippen LogP contribution in [0.5, 0.6) is 11.5 Å². The fraction of sp³-hybridized carbons (Fsp3) is 0.385. The van der Waals surface area contributed by atoms with Crippen molar-refractivity contribution in [1.82, 2.24) is 15.2 Å². The summed E-state index contributed by atoms with van der Waals surface area (Å²) in [4.78, 5) is 31.0. The Kier molecular flexibility index (Phi) is 7.17. The minimum atomic E-state index is -0.464. The van der Waals surface area contributed by atoms with Crippen LogP contribution in [0.3, 0.4) is 0 Å². The van der Waals surface area contributed by atoms with Crippen molar-refractivity contribution in [3.05, 3.63) is 59.8 Å². The maximum absolute atomic E-state index is 13.2. The largest absolute Gasteiger partial charge is 0.497 e. The average molecular weight is 450 g/mol. The predicted molar refractivity (Wildman–Crippen MR) is 127 cm³/mol. The lowest BCUT2D eigenvalue weighted by Gasteiger charge is -2.29. The Morgan fingerprint density at radius 3 is 2.76 bits per heavy atom. The molecular weight excluding hydrogens is 418 g/mol. The van der Waals surface area contributed by atoms with Gasteiger partial charge < -0.3 is 24.7 Å². The number of aromatic nitrogens is 1. The van der Waals surface area contributed by atoms with Crippen molar-refractivity contribution in [3.8, 4) is 11.5 Å². The maximum atomic E-state index is 13.2. The van der Waals surface area contributed by atoms with Gasteiger partial charge in [0, 0.05) is 36.6 Å². The van der Waals surface area contributed by atoms with E-state index in [2.05, 4.69) is 10.3 Å². The number of hydrogen-bond donors (Lipinski definition) is 2. The second kappa shape index (κ2) is 10.4. The van der Waals surface area contributed by atoms with E-state index < -0.39 is 6.04 Å². The number of hydrogen-bond acceptors (Lipinski definition) is 4. The summed E-state index contributed by atoms with van der Waals surface area (Å²) in [5, 5.41) is 4.16. The molecule has 7 nitrogen and oxygen atoms in total. The van der Waals surface area contributed by atoms with E-state index in [9.17, 15) is 9.59 Å². The van der Waals surface area contributed by atoms with Gasteiger partial charge in [0.15, 0.2) is 0 Å². The maximum Gasteiger partial charge on any atom is 0.242 e. The summed E-state index contributed by atoms with van der Waals surface area (Å²) in [7, 11) is 3.27. The Balaban J connectivity index is 1.43. The molecule has 1 unspecified atom stereocenters. The molecule has 0 spiro atoms. The number of nitrogens with zero attached hydrogens (tertiary/aromatic N) is 1. The minimum absolute atomic E-state index is 0.0270. The molecule has 1 saturated heterocycles. The number of nitrogens with one attached hydrogen (secondary N) is 2. The number of fused-ring (bicyclic) bond motifs is 1. The number of benzene rings is 2. The van der Waals surface area contributed by atoms with Crippen molar-refractivity contribution < 1.29 is 19.1 Å². The predicted octanol–water partition coefficient (Wildman–Crippen LogP) is 3.82. The van der Waals surface area contributed by atoms with Crippen molar-refractivity contribution in [1.29, 1.82) is 0 Å². The molecule has 2 aromatic carbocycles. The topological polar surface area (TPSA) is 83.7 Å². The van der Waals surface area contributed by atoms with Crippen molar-refractivity contribution in [3.63, 3.8) is 0 Å². The van der Waals surface area contributed by atoms with Crippen molar-refractivity contribution in [2.75, 3.05) is 20.8 Å². The molecule has 0 radical (unpaired) electrons. The van der Waals surface area contributed by atoms with Crippen LogP contribution in [-0.2, 0) is 22.6 Å². The van der Waals surface area contributed by atoms with E-state index in [4.69, 9.17) is 9.47 Å². The molecule has 7 heteroatoms. The van der Waals surface area contributed by atoms with Crippen LogP contribution in [0.15, 0.2) is 48.7 Å². The van der Waals surface area contributed by atoms with Crippen LogP contribution in [0, 0.1) is 0 Å². The normalized spacial score (nSPS) is 16.5. The number of ether oxygens (including phenoxy) is 2. The summed E-state index contributed by atoms with van der Waals surface area (Å²) in [6, 6.07) is 13.1. The Labute approximate surface area is 194 Å². The Morgan fingerprint density at radius 2 is 1.94 bits per heavy atom. The van der Waals surface area contributed by atoms with E-state index in [1.807, 2.05) is 48.7 Å². The van der Waals surface area contributed by atoms with Gasteiger partial charge >= 0.3 is 0 Å². The molecule has 4 rings (SSSR count). The highest BCUT2D eigenvalue weighted by molar-refractivity contribution is 5.88. The van der Waals surface area contributed by atoms with Crippen LogP contribution < -0.4 is 14.8 Å². The van der Waals surface area contributed by atoms with Crippen LogP contribution >= 0.6 is 0 Å². The first-order chi connectivity index (χ1) is 16.1. The molecule has 0 bridgehead atoms. The molecule has 1 fully saturated rings. The second-order valence-corrected chi connectivity index (χ2v) is 8.40. The van der Waals surface area contributed by atoms with Gasteiger partial charge in [0.1, 0.15) is 17.5 Å². The van der Waals surface area contributed by atoms with E-state index >= 15 is 0 Å². The minimum Gasteiger partial charge on any atom is -0.497 e. The highest BCUT2D eigenvalue weighted by Gasteiger charge is 2.31. The number of H-pyrrole nitrogens is 1. The van der Waals surface area contributed by atoms with Gasteiger partial charge in [-0.25, -0.2) is 0 Å². The van der Waals surface area contributed by atoms with E-state index in [1.54, 1.807) is 19.1 Å². The van der Waals surface area contributed by atoms with Gasteiger partial charge in [-0.05, 0) is 60.7 Å². The fourth-order valence-electron chi connectivity index (χ4n) is 4.46. The summed E-state index contributed by atoms with van der Waals surface area (Å²) in [5.41, 5.74) is 3.11. The van der Waals surface area contributed by atoms with Gasteiger partial charge in [-0.3, -0.25) is 9.59 Å². The molecule has 2 heterocycles. The van der Waals surface area contributed by atoms with Crippen LogP contribution in [0.2, 0.25) is 0 Å². The van der Waals surface area contributed by atoms with Crippen molar-refractivity contribution in [2.24, 2.45) is 0 Å². The second-order valence-electron chi connectivity index (χ2n) is 8.40. The molecule has 33 heavy (non-hydrogen) atoms. The molecule has 1 aliphatic rings. The number of carbonyl (C=O) groups is 2. The summed E-state index contributed by atoms with van der Waals surface area (Å²) in [5.74, 6) is 1.48. The van der Waals surface area contributed by atoms with Crippen LogP contribution in [0.25, 0.3) is 10.9 Å². The first-order valence-electron chi connectivity index (χ1n) is 11.4. The Morgan fingerprint density at radius 1 is 1.12 bits per heavy atom. The molecule has 3 aromatic rings. The molecule has 1 aliphatic heterocycles. The zero-order valence-electron chi connectivity index (χ0n) is 19.2. The summed E-state index contributed by atoms with van der Waals surface area (Å²) >= 11 is 0. The molecule has 2 amide bonds. The third kappa shape index (κ3) is 5.30. The number of rotatable bonds is 8. The number of methoxy groups -OCH3 is 2. The molecule has 1 aromatic heterocycles. The summed E-state index contributed by atoms with van der Waals surface area (Å²) < 4.78 is 10.6. The third-order valence-corrected chi connectivity index (χ3v) is 6.27. The summed E-state index contributed by atoms with van der Waals surface area (Å²) in [6.45, 7) is 0.900. The molecular formula is C26H31N3O4. The van der Waals surface area contributed by atoms with Gasteiger partial charge in [0.05, 0.1) is 14.2 Å². The molecule has 174 valence electrons. The average Bonchev–Trinajstić information content (AvgIpc) is 3.15. The molecule has 2 N–H and O–H groups in total. The summed E-state index contributed by atoms with van der Waals surface area (Å²) in [6.07, 6.45) is 5.49. The third-order valence-electron chi connectivity index (χ3n) is 6.27. The van der Waals surface area contributed by atoms with E-state index in [1.165, 1.54) is 0 Å².